The van der Waals surface area contributed by atoms with Crippen molar-refractivity contribution in [3.05, 3.63) is 60.2 Å². The van der Waals surface area contributed by atoms with Crippen molar-refractivity contribution < 1.29 is 29.0 Å². The minimum Gasteiger partial charge on any atom is -0.445 e. The Morgan fingerprint density at radius 3 is 2.54 bits per heavy atom. The third-order valence-corrected chi connectivity index (χ3v) is 8.64. The van der Waals surface area contributed by atoms with Crippen LogP contribution in [0.3, 0.4) is 0 Å². The largest absolute Gasteiger partial charge is 0.445 e. The van der Waals surface area contributed by atoms with E-state index in [0.717, 1.165) is 11.6 Å². The summed E-state index contributed by atoms with van der Waals surface area (Å²) >= 11 is 0. The quantitative estimate of drug-likeness (QED) is 0.384. The molecule has 2 N–H and O–H groups in total. The predicted molar refractivity (Wildman–Crippen MR) is 128 cm³/mol. The second-order valence-electron chi connectivity index (χ2n) is 11.0. The molecule has 9 atom stereocenters. The molecule has 1 unspecified atom stereocenters. The lowest BCUT2D eigenvalue weighted by molar-refractivity contribution is -0.177. The van der Waals surface area contributed by atoms with E-state index in [1.165, 1.54) is 13.0 Å². The van der Waals surface area contributed by atoms with Gasteiger partial charge in [0.1, 0.15) is 5.60 Å². The number of ether oxygens (including phenoxy) is 2. The maximum atomic E-state index is 13.8. The van der Waals surface area contributed by atoms with Crippen molar-refractivity contribution in [1.29, 1.82) is 0 Å². The van der Waals surface area contributed by atoms with Gasteiger partial charge >= 0.3 is 5.97 Å². The summed E-state index contributed by atoms with van der Waals surface area (Å²) in [6.07, 6.45) is 6.70. The number of benzene rings is 1. The number of fused-ring (bicyclic) bond motifs is 2. The van der Waals surface area contributed by atoms with Crippen molar-refractivity contribution in [3.8, 4) is 0 Å². The van der Waals surface area contributed by atoms with Gasteiger partial charge in [-0.05, 0) is 44.2 Å². The summed E-state index contributed by atoms with van der Waals surface area (Å²) in [5.74, 6) is -2.81. The molecule has 0 bridgehead atoms. The van der Waals surface area contributed by atoms with Crippen LogP contribution in [-0.4, -0.2) is 51.7 Å². The molecule has 1 saturated carbocycles. The van der Waals surface area contributed by atoms with E-state index in [0.29, 0.717) is 12.8 Å². The number of carbonyl (C=O) groups excluding carboxylic acids is 3. The van der Waals surface area contributed by atoms with Gasteiger partial charge in [-0.15, -0.1) is 0 Å². The molecule has 3 aliphatic heterocycles. The van der Waals surface area contributed by atoms with Crippen LogP contribution in [0.5, 0.6) is 0 Å². The first-order valence-corrected chi connectivity index (χ1v) is 12.4. The van der Waals surface area contributed by atoms with Crippen LogP contribution in [0, 0.1) is 23.7 Å². The number of amides is 1. The van der Waals surface area contributed by atoms with E-state index in [2.05, 4.69) is 19.2 Å². The van der Waals surface area contributed by atoms with Crippen molar-refractivity contribution in [2.45, 2.75) is 69.5 Å². The fourth-order valence-corrected chi connectivity index (χ4v) is 6.55. The van der Waals surface area contributed by atoms with Crippen LogP contribution in [-0.2, 0) is 30.3 Å². The molecule has 0 aromatic heterocycles. The highest BCUT2D eigenvalue weighted by molar-refractivity contribution is 5.96. The molecule has 35 heavy (non-hydrogen) atoms. The van der Waals surface area contributed by atoms with Crippen molar-refractivity contribution in [2.24, 2.45) is 23.7 Å². The van der Waals surface area contributed by atoms with Gasteiger partial charge < -0.3 is 19.9 Å². The Bertz CT molecular complexity index is 1110. The van der Waals surface area contributed by atoms with E-state index in [-0.39, 0.29) is 35.7 Å². The number of ketones is 1. The number of Topliss-reactive ketones (excluding diaryl/α,β-unsaturated/α-hetero) is 1. The number of hydrogen-bond donors (Lipinski definition) is 2. The Kier molecular flexibility index (Phi) is 5.57. The SMILES string of the molecule is C[C@H]1C/C=C\C2[C@@H]3O[C@]3(C)[C@@H](C)[C@H]3[C@H](Cc4ccccc4)NC(=O)[C@]23OC(=O)/C=C\[C@@](C)(O)C1=O. The van der Waals surface area contributed by atoms with Gasteiger partial charge in [-0.3, -0.25) is 9.59 Å². The van der Waals surface area contributed by atoms with E-state index in [1.54, 1.807) is 6.92 Å². The van der Waals surface area contributed by atoms with Gasteiger partial charge in [0.15, 0.2) is 5.78 Å². The lowest BCUT2D eigenvalue weighted by Gasteiger charge is -2.45. The van der Waals surface area contributed by atoms with E-state index in [9.17, 15) is 19.5 Å². The zero-order chi connectivity index (χ0) is 25.2. The average Bonchev–Trinajstić information content (AvgIpc) is 3.44. The number of carbonyl (C=O) groups is 3. The van der Waals surface area contributed by atoms with Gasteiger partial charge in [0.05, 0.1) is 17.6 Å². The van der Waals surface area contributed by atoms with Crippen LogP contribution in [0.25, 0.3) is 0 Å². The Morgan fingerprint density at radius 2 is 1.83 bits per heavy atom. The number of hydrogen-bond acceptors (Lipinski definition) is 6. The molecule has 1 amide bonds. The van der Waals surface area contributed by atoms with E-state index in [1.807, 2.05) is 42.5 Å². The molecule has 3 fully saturated rings. The molecule has 1 aromatic carbocycles. The van der Waals surface area contributed by atoms with Gasteiger partial charge in [0.25, 0.3) is 5.91 Å². The van der Waals surface area contributed by atoms with Crippen molar-refractivity contribution in [3.63, 3.8) is 0 Å². The highest BCUT2D eigenvalue weighted by Crippen LogP contribution is 2.63. The van der Waals surface area contributed by atoms with Gasteiger partial charge in [-0.2, -0.15) is 0 Å². The smallest absolute Gasteiger partial charge is 0.331 e. The highest BCUT2D eigenvalue weighted by Gasteiger charge is 2.78. The third-order valence-electron chi connectivity index (χ3n) is 8.64. The zero-order valence-electron chi connectivity index (χ0n) is 20.6. The first kappa shape index (κ1) is 23.9. The second-order valence-corrected chi connectivity index (χ2v) is 11.0. The molecular formula is C28H33NO6. The van der Waals surface area contributed by atoms with E-state index >= 15 is 0 Å². The van der Waals surface area contributed by atoms with Crippen LogP contribution < -0.4 is 5.32 Å². The molecule has 7 heteroatoms. The number of allylic oxidation sites excluding steroid dienone is 1. The predicted octanol–water partition coefficient (Wildman–Crippen LogP) is 2.52. The zero-order valence-corrected chi connectivity index (χ0v) is 20.6. The van der Waals surface area contributed by atoms with Crippen molar-refractivity contribution >= 4 is 17.7 Å². The summed E-state index contributed by atoms with van der Waals surface area (Å²) in [5.41, 5.74) is -2.61. The summed E-state index contributed by atoms with van der Waals surface area (Å²) in [4.78, 5) is 39.6. The molecule has 3 heterocycles. The Morgan fingerprint density at radius 1 is 1.11 bits per heavy atom. The number of esters is 1. The Labute approximate surface area is 205 Å². The Balaban J connectivity index is 1.60. The molecule has 1 spiro atoms. The number of nitrogens with one attached hydrogen (secondary N) is 1. The molecule has 5 rings (SSSR count). The first-order valence-electron chi connectivity index (χ1n) is 12.4. The van der Waals surface area contributed by atoms with Crippen LogP contribution in [0.15, 0.2) is 54.6 Å². The third kappa shape index (κ3) is 3.67. The van der Waals surface area contributed by atoms with Crippen molar-refractivity contribution in [2.75, 3.05) is 0 Å². The minimum absolute atomic E-state index is 0.0573. The molecule has 0 radical (unpaired) electrons. The molecule has 1 aliphatic carbocycles. The fraction of sp³-hybridized carbons (Fsp3) is 0.536. The summed E-state index contributed by atoms with van der Waals surface area (Å²) in [6, 6.07) is 9.69. The molecule has 4 aliphatic rings. The Hall–Kier alpha value is -2.77. The lowest BCUT2D eigenvalue weighted by atomic mass is 9.59. The number of aliphatic hydroxyl groups is 1. The van der Waals surface area contributed by atoms with Crippen LogP contribution >= 0.6 is 0 Å². The van der Waals surface area contributed by atoms with Gasteiger partial charge in [-0.25, -0.2) is 4.79 Å². The van der Waals surface area contributed by atoms with E-state index < -0.39 is 34.6 Å². The number of rotatable bonds is 2. The van der Waals surface area contributed by atoms with Gasteiger partial charge in [0.2, 0.25) is 5.60 Å². The second kappa shape index (κ2) is 8.14. The first-order chi connectivity index (χ1) is 16.5. The molecule has 7 nitrogen and oxygen atoms in total. The van der Waals surface area contributed by atoms with Gasteiger partial charge in [0, 0.05) is 24.0 Å². The summed E-state index contributed by atoms with van der Waals surface area (Å²) < 4.78 is 12.3. The highest BCUT2D eigenvalue weighted by atomic mass is 16.6. The topological polar surface area (TPSA) is 105 Å². The van der Waals surface area contributed by atoms with Crippen molar-refractivity contribution in [1.82, 2.24) is 5.32 Å². The van der Waals surface area contributed by atoms with Crippen LogP contribution in [0.2, 0.25) is 0 Å². The van der Waals surface area contributed by atoms with Gasteiger partial charge in [-0.1, -0.05) is 56.3 Å². The van der Waals surface area contributed by atoms with Crippen LogP contribution in [0.1, 0.15) is 39.7 Å². The molecule has 2 saturated heterocycles. The number of epoxide rings is 1. The average molecular weight is 480 g/mol. The van der Waals surface area contributed by atoms with Crippen LogP contribution in [0.4, 0.5) is 0 Å². The standard InChI is InChI=1S/C28H33NO6/c1-16-9-8-12-19-24-27(4,35-24)17(2)22-20(15-18-10-6-5-7-11-18)29-25(32)28(19,22)34-21(30)13-14-26(3,33)23(16)31/h5-8,10-14,16-17,19-20,22,24,33H,9,15H2,1-4H3,(H,29,32)/b12-8-,14-13-/t16-,17-,19?,20-,22-,24-,26+,27+,28-/m0/s1. The monoisotopic (exact) mass is 479 g/mol. The van der Waals surface area contributed by atoms with E-state index in [4.69, 9.17) is 9.47 Å². The maximum Gasteiger partial charge on any atom is 0.331 e. The molecule has 186 valence electrons. The maximum absolute atomic E-state index is 13.8. The molecule has 1 aromatic rings. The molecular weight excluding hydrogens is 446 g/mol. The summed E-state index contributed by atoms with van der Waals surface area (Å²) in [5, 5.41) is 13.8. The summed E-state index contributed by atoms with van der Waals surface area (Å²) in [7, 11) is 0. The minimum atomic E-state index is -1.81. The summed E-state index contributed by atoms with van der Waals surface area (Å²) in [6.45, 7) is 7.23. The normalized spacial score (nSPS) is 46.6. The lowest BCUT2D eigenvalue weighted by Crippen LogP contribution is -2.61. The fourth-order valence-electron chi connectivity index (χ4n) is 6.55.